The zero-order chi connectivity index (χ0) is 15.4. The molecule has 2 aromatic carbocycles. The van der Waals surface area contributed by atoms with Gasteiger partial charge in [-0.1, -0.05) is 29.8 Å². The Labute approximate surface area is 128 Å². The number of carbonyl (C=O) groups is 1. The highest BCUT2D eigenvalue weighted by Crippen LogP contribution is 2.21. The topological polar surface area (TPSA) is 41.1 Å². The van der Waals surface area contributed by atoms with Gasteiger partial charge in [0, 0.05) is 30.4 Å². The standard InChI is InChI=1S/C16H16ClFN2O/c1-10-6-7-11(16(21)19-2)8-14(10)20-9-12-4-3-5-13(17)15(12)18/h3-8,20H,9H2,1-2H3,(H,19,21). The summed E-state index contributed by atoms with van der Waals surface area (Å²) in [5.41, 5.74) is 2.80. The zero-order valence-electron chi connectivity index (χ0n) is 11.8. The zero-order valence-corrected chi connectivity index (χ0v) is 12.6. The summed E-state index contributed by atoms with van der Waals surface area (Å²) >= 11 is 5.76. The quantitative estimate of drug-likeness (QED) is 0.903. The van der Waals surface area contributed by atoms with E-state index in [1.165, 1.54) is 6.07 Å². The first kappa shape index (κ1) is 15.3. The van der Waals surface area contributed by atoms with Gasteiger partial charge in [-0.25, -0.2) is 4.39 Å². The Bertz CT molecular complexity index is 673. The Morgan fingerprint density at radius 1 is 1.29 bits per heavy atom. The summed E-state index contributed by atoms with van der Waals surface area (Å²) in [6, 6.07) is 10.2. The van der Waals surface area contributed by atoms with Crippen molar-refractivity contribution in [2.45, 2.75) is 13.5 Å². The van der Waals surface area contributed by atoms with Gasteiger partial charge in [-0.2, -0.15) is 0 Å². The third-order valence-corrected chi connectivity index (χ3v) is 3.52. The van der Waals surface area contributed by atoms with Crippen LogP contribution in [0.4, 0.5) is 10.1 Å². The predicted octanol–water partition coefficient (Wildman–Crippen LogP) is 3.76. The van der Waals surface area contributed by atoms with Gasteiger partial charge in [0.25, 0.3) is 5.91 Å². The number of anilines is 1. The smallest absolute Gasteiger partial charge is 0.251 e. The van der Waals surface area contributed by atoms with Gasteiger partial charge < -0.3 is 10.6 Å². The molecule has 21 heavy (non-hydrogen) atoms. The molecule has 5 heteroatoms. The van der Waals surface area contributed by atoms with Gasteiger partial charge >= 0.3 is 0 Å². The monoisotopic (exact) mass is 306 g/mol. The molecule has 2 aromatic rings. The number of benzene rings is 2. The van der Waals surface area contributed by atoms with Crippen molar-refractivity contribution in [3.8, 4) is 0 Å². The first-order valence-corrected chi connectivity index (χ1v) is 6.90. The van der Waals surface area contributed by atoms with Crippen LogP contribution in [0.5, 0.6) is 0 Å². The average Bonchev–Trinajstić information content (AvgIpc) is 2.49. The van der Waals surface area contributed by atoms with E-state index in [4.69, 9.17) is 11.6 Å². The van der Waals surface area contributed by atoms with E-state index in [-0.39, 0.29) is 10.9 Å². The van der Waals surface area contributed by atoms with Crippen molar-refractivity contribution in [3.63, 3.8) is 0 Å². The van der Waals surface area contributed by atoms with Gasteiger partial charge in [-0.3, -0.25) is 4.79 Å². The lowest BCUT2D eigenvalue weighted by Crippen LogP contribution is -2.18. The third-order valence-electron chi connectivity index (χ3n) is 3.23. The molecule has 0 bridgehead atoms. The molecule has 0 saturated carbocycles. The molecule has 0 aliphatic carbocycles. The van der Waals surface area contributed by atoms with Gasteiger partial charge in [0.15, 0.2) is 0 Å². The predicted molar refractivity (Wildman–Crippen MR) is 83.3 cm³/mol. The van der Waals surface area contributed by atoms with E-state index in [1.54, 1.807) is 31.3 Å². The summed E-state index contributed by atoms with van der Waals surface area (Å²) in [5, 5.41) is 5.81. The lowest BCUT2D eigenvalue weighted by Gasteiger charge is -2.12. The normalized spacial score (nSPS) is 10.3. The summed E-state index contributed by atoms with van der Waals surface area (Å²) in [6.45, 7) is 2.22. The molecule has 0 unspecified atom stereocenters. The Morgan fingerprint density at radius 3 is 2.76 bits per heavy atom. The fraction of sp³-hybridized carbons (Fsp3) is 0.188. The van der Waals surface area contributed by atoms with Gasteiger partial charge in [-0.05, 0) is 30.7 Å². The second-order valence-electron chi connectivity index (χ2n) is 4.68. The molecule has 0 spiro atoms. The minimum atomic E-state index is -0.424. The van der Waals surface area contributed by atoms with Crippen molar-refractivity contribution in [2.75, 3.05) is 12.4 Å². The van der Waals surface area contributed by atoms with E-state index in [2.05, 4.69) is 10.6 Å². The number of carbonyl (C=O) groups excluding carboxylic acids is 1. The fourth-order valence-electron chi connectivity index (χ4n) is 1.97. The van der Waals surface area contributed by atoms with Gasteiger partial charge in [0.1, 0.15) is 5.82 Å². The van der Waals surface area contributed by atoms with E-state index >= 15 is 0 Å². The first-order valence-electron chi connectivity index (χ1n) is 6.52. The van der Waals surface area contributed by atoms with Crippen molar-refractivity contribution < 1.29 is 9.18 Å². The minimum Gasteiger partial charge on any atom is -0.381 e. The number of hydrogen-bond acceptors (Lipinski definition) is 2. The van der Waals surface area contributed by atoms with E-state index < -0.39 is 5.82 Å². The van der Waals surface area contributed by atoms with E-state index in [0.29, 0.717) is 17.7 Å². The molecular formula is C16H16ClFN2O. The van der Waals surface area contributed by atoms with Crippen molar-refractivity contribution >= 4 is 23.2 Å². The van der Waals surface area contributed by atoms with Crippen LogP contribution < -0.4 is 10.6 Å². The van der Waals surface area contributed by atoms with Gasteiger partial charge in [0.2, 0.25) is 0 Å². The summed E-state index contributed by atoms with van der Waals surface area (Å²) < 4.78 is 13.8. The maximum atomic E-state index is 13.8. The Kier molecular flexibility index (Phi) is 4.81. The number of amides is 1. The van der Waals surface area contributed by atoms with Gasteiger partial charge in [0.05, 0.1) is 5.02 Å². The molecule has 0 fully saturated rings. The molecule has 110 valence electrons. The maximum absolute atomic E-state index is 13.8. The molecule has 2 rings (SSSR count). The Hall–Kier alpha value is -2.07. The molecule has 0 radical (unpaired) electrons. The summed E-state index contributed by atoms with van der Waals surface area (Å²) in [5.74, 6) is -0.584. The third kappa shape index (κ3) is 3.52. The average molecular weight is 307 g/mol. The second-order valence-corrected chi connectivity index (χ2v) is 5.08. The molecule has 3 nitrogen and oxygen atoms in total. The summed E-state index contributed by atoms with van der Waals surface area (Å²) in [6.07, 6.45) is 0. The molecule has 0 aliphatic heterocycles. The Balaban J connectivity index is 2.19. The van der Waals surface area contributed by atoms with Crippen LogP contribution in [-0.4, -0.2) is 13.0 Å². The lowest BCUT2D eigenvalue weighted by molar-refractivity contribution is 0.0963. The summed E-state index contributed by atoms with van der Waals surface area (Å²) in [4.78, 5) is 11.6. The largest absolute Gasteiger partial charge is 0.381 e. The van der Waals surface area contributed by atoms with E-state index in [9.17, 15) is 9.18 Å². The number of aryl methyl sites for hydroxylation is 1. The highest BCUT2D eigenvalue weighted by Gasteiger charge is 2.09. The van der Waals surface area contributed by atoms with Crippen LogP contribution in [0, 0.1) is 12.7 Å². The number of halogens is 2. The molecule has 0 aromatic heterocycles. The molecule has 0 heterocycles. The highest BCUT2D eigenvalue weighted by atomic mass is 35.5. The maximum Gasteiger partial charge on any atom is 0.251 e. The fourth-order valence-corrected chi connectivity index (χ4v) is 2.17. The van der Waals surface area contributed by atoms with Crippen LogP contribution >= 0.6 is 11.6 Å². The molecule has 0 aliphatic rings. The minimum absolute atomic E-state index is 0.102. The van der Waals surface area contributed by atoms with Crippen LogP contribution in [-0.2, 0) is 6.54 Å². The molecular weight excluding hydrogens is 291 g/mol. The van der Waals surface area contributed by atoms with Crippen LogP contribution in [0.2, 0.25) is 5.02 Å². The highest BCUT2D eigenvalue weighted by molar-refractivity contribution is 6.30. The van der Waals surface area contributed by atoms with E-state index in [1.807, 2.05) is 13.0 Å². The van der Waals surface area contributed by atoms with Crippen molar-refractivity contribution in [3.05, 3.63) is 63.9 Å². The van der Waals surface area contributed by atoms with Gasteiger partial charge in [-0.15, -0.1) is 0 Å². The SMILES string of the molecule is CNC(=O)c1ccc(C)c(NCc2cccc(Cl)c2F)c1. The molecule has 0 saturated heterocycles. The van der Waals surface area contributed by atoms with Crippen LogP contribution in [0.1, 0.15) is 21.5 Å². The van der Waals surface area contributed by atoms with E-state index in [0.717, 1.165) is 11.3 Å². The summed E-state index contributed by atoms with van der Waals surface area (Å²) in [7, 11) is 1.58. The van der Waals surface area contributed by atoms with Crippen LogP contribution in [0.15, 0.2) is 36.4 Å². The van der Waals surface area contributed by atoms with Crippen LogP contribution in [0.3, 0.4) is 0 Å². The van der Waals surface area contributed by atoms with Crippen molar-refractivity contribution in [2.24, 2.45) is 0 Å². The number of nitrogens with one attached hydrogen (secondary N) is 2. The Morgan fingerprint density at radius 2 is 2.05 bits per heavy atom. The van der Waals surface area contributed by atoms with Crippen LogP contribution in [0.25, 0.3) is 0 Å². The first-order chi connectivity index (χ1) is 10.0. The number of hydrogen-bond donors (Lipinski definition) is 2. The second kappa shape index (κ2) is 6.59. The molecule has 1 amide bonds. The van der Waals surface area contributed by atoms with Crippen molar-refractivity contribution in [1.29, 1.82) is 0 Å². The molecule has 0 atom stereocenters. The molecule has 2 N–H and O–H groups in total. The lowest BCUT2D eigenvalue weighted by atomic mass is 10.1. The van der Waals surface area contributed by atoms with Crippen molar-refractivity contribution in [1.82, 2.24) is 5.32 Å². The number of rotatable bonds is 4.